The van der Waals surface area contributed by atoms with Gasteiger partial charge in [0.05, 0.1) is 11.3 Å². The summed E-state index contributed by atoms with van der Waals surface area (Å²) in [5.74, 6) is -4.83. The van der Waals surface area contributed by atoms with Crippen molar-refractivity contribution in [3.05, 3.63) is 41.9 Å². The number of hydrogen-bond acceptors (Lipinski definition) is 5. The molecule has 0 saturated carbocycles. The van der Waals surface area contributed by atoms with Crippen molar-refractivity contribution in [3.63, 3.8) is 0 Å². The average Bonchev–Trinajstić information content (AvgIpc) is 3.16. The summed E-state index contributed by atoms with van der Waals surface area (Å²) in [5.41, 5.74) is 7.87. The number of carboxylic acids is 3. The van der Waals surface area contributed by atoms with Gasteiger partial charge in [0.1, 0.15) is 5.82 Å². The summed E-state index contributed by atoms with van der Waals surface area (Å²) in [6, 6.07) is 6.83. The summed E-state index contributed by atoms with van der Waals surface area (Å²) in [4.78, 5) is 33.3. The number of aromatic nitrogens is 2. The third-order valence-electron chi connectivity index (χ3n) is 4.35. The maximum absolute atomic E-state index is 10.8. The van der Waals surface area contributed by atoms with Gasteiger partial charge in [-0.25, -0.2) is 19.4 Å². The highest BCUT2D eigenvalue weighted by Crippen LogP contribution is 2.25. The molecule has 5 N–H and O–H groups in total. The van der Waals surface area contributed by atoms with E-state index in [1.807, 2.05) is 6.20 Å². The number of benzene rings is 1. The highest BCUT2D eigenvalue weighted by molar-refractivity contribution is 5.88. The van der Waals surface area contributed by atoms with Gasteiger partial charge in [-0.3, -0.25) is 0 Å². The normalized spacial score (nSPS) is 15.1. The van der Waals surface area contributed by atoms with Gasteiger partial charge in [0.15, 0.2) is 0 Å². The van der Waals surface area contributed by atoms with Crippen molar-refractivity contribution in [1.29, 1.82) is 0 Å². The highest BCUT2D eigenvalue weighted by Gasteiger charge is 2.38. The van der Waals surface area contributed by atoms with Gasteiger partial charge >= 0.3 is 30.3 Å². The number of nitrogens with two attached hydrogens (primary N) is 1. The zero-order chi connectivity index (χ0) is 26.3. The molecule has 0 bridgehead atoms. The molecule has 9 nitrogen and oxygen atoms in total. The Labute approximate surface area is 187 Å². The Hall–Kier alpha value is -3.62. The zero-order valence-corrected chi connectivity index (χ0v) is 17.1. The molecule has 0 saturated heterocycles. The van der Waals surface area contributed by atoms with E-state index in [4.69, 9.17) is 30.6 Å². The largest absolute Gasteiger partial charge is 0.490 e. The summed E-state index contributed by atoms with van der Waals surface area (Å²) >= 11 is 0. The minimum Gasteiger partial charge on any atom is -0.478 e. The van der Waals surface area contributed by atoms with Crippen LogP contribution in [-0.4, -0.2) is 61.7 Å². The molecule has 1 aromatic heterocycles. The summed E-state index contributed by atoms with van der Waals surface area (Å²) in [5, 5.41) is 23.2. The molecule has 34 heavy (non-hydrogen) atoms. The van der Waals surface area contributed by atoms with Gasteiger partial charge in [-0.2, -0.15) is 26.3 Å². The van der Waals surface area contributed by atoms with E-state index in [-0.39, 0.29) is 0 Å². The quantitative estimate of drug-likeness (QED) is 0.470. The number of carbonyl (C=O) groups is 3. The first-order chi connectivity index (χ1) is 15.6. The summed E-state index contributed by atoms with van der Waals surface area (Å²) < 4.78 is 65.6. The van der Waals surface area contributed by atoms with Gasteiger partial charge in [-0.1, -0.05) is 12.1 Å². The smallest absolute Gasteiger partial charge is 0.478 e. The van der Waals surface area contributed by atoms with Crippen LogP contribution < -0.4 is 5.73 Å². The maximum atomic E-state index is 10.8. The number of alkyl halides is 6. The number of fused-ring (bicyclic) bond motifs is 1. The number of carboxylic acid groups (broad SMARTS) is 3. The van der Waals surface area contributed by atoms with Crippen LogP contribution in [0.3, 0.4) is 0 Å². The van der Waals surface area contributed by atoms with Crippen LogP contribution in [0, 0.1) is 5.92 Å². The molecule has 3 rings (SSSR count). The lowest BCUT2D eigenvalue weighted by Crippen LogP contribution is -2.25. The molecule has 0 amide bonds. The number of aryl methyl sites for hydroxylation is 1. The monoisotopic (exact) mass is 499 g/mol. The van der Waals surface area contributed by atoms with Crippen molar-refractivity contribution in [1.82, 2.24) is 9.55 Å². The Bertz CT molecular complexity index is 977. The third kappa shape index (κ3) is 8.73. The fourth-order valence-electron chi connectivity index (χ4n) is 2.62. The number of aromatic carboxylic acids is 1. The fraction of sp³-hybridized carbons (Fsp3) is 0.368. The molecule has 1 aromatic carbocycles. The van der Waals surface area contributed by atoms with Crippen LogP contribution in [0.1, 0.15) is 22.6 Å². The van der Waals surface area contributed by atoms with E-state index in [1.54, 1.807) is 24.3 Å². The van der Waals surface area contributed by atoms with Crippen LogP contribution in [0.25, 0.3) is 11.3 Å². The van der Waals surface area contributed by atoms with E-state index < -0.39 is 30.3 Å². The Balaban J connectivity index is 0.000000343. The number of nitrogens with zero attached hydrogens (tertiary/aromatic N) is 2. The van der Waals surface area contributed by atoms with Crippen molar-refractivity contribution in [2.24, 2.45) is 11.7 Å². The molecular formula is C19H19F6N3O6. The van der Waals surface area contributed by atoms with Crippen molar-refractivity contribution in [2.45, 2.75) is 31.7 Å². The highest BCUT2D eigenvalue weighted by atomic mass is 19.4. The summed E-state index contributed by atoms with van der Waals surface area (Å²) in [7, 11) is 0. The molecule has 1 atom stereocenters. The molecule has 15 heteroatoms. The van der Waals surface area contributed by atoms with E-state index in [2.05, 4.69) is 9.55 Å². The first-order valence-corrected chi connectivity index (χ1v) is 9.26. The lowest BCUT2D eigenvalue weighted by atomic mass is 9.98. The zero-order valence-electron chi connectivity index (χ0n) is 17.1. The molecule has 2 aromatic rings. The standard InChI is InChI=1S/C15H17N3O2.2C2HF3O2/c16-8-10-5-6-18-9-13(17-14(18)7-10)11-1-3-12(4-2-11)15(19)20;2*3-2(4,5)1(6)7/h1-4,9-10H,5-8,16H2,(H,19,20);2*(H,6,7). The van der Waals surface area contributed by atoms with E-state index in [0.29, 0.717) is 18.0 Å². The SMILES string of the molecule is NCC1CCn2cc(-c3ccc(C(=O)O)cc3)nc2C1.O=C(O)C(F)(F)F.O=C(O)C(F)(F)F. The molecule has 0 spiro atoms. The van der Waals surface area contributed by atoms with E-state index in [9.17, 15) is 31.1 Å². The van der Waals surface area contributed by atoms with Gasteiger partial charge < -0.3 is 25.6 Å². The molecule has 1 aliphatic heterocycles. The van der Waals surface area contributed by atoms with Crippen LogP contribution >= 0.6 is 0 Å². The van der Waals surface area contributed by atoms with Crippen LogP contribution in [0.15, 0.2) is 30.5 Å². The molecule has 0 radical (unpaired) electrons. The lowest BCUT2D eigenvalue weighted by Gasteiger charge is -2.21. The Morgan fingerprint density at radius 3 is 1.82 bits per heavy atom. The first-order valence-electron chi connectivity index (χ1n) is 9.26. The molecular weight excluding hydrogens is 480 g/mol. The summed E-state index contributed by atoms with van der Waals surface area (Å²) in [6.07, 6.45) is -6.11. The predicted molar refractivity (Wildman–Crippen MR) is 103 cm³/mol. The van der Waals surface area contributed by atoms with E-state index in [0.717, 1.165) is 36.5 Å². The Morgan fingerprint density at radius 2 is 1.44 bits per heavy atom. The number of halogens is 6. The maximum Gasteiger partial charge on any atom is 0.490 e. The van der Waals surface area contributed by atoms with Crippen molar-refractivity contribution in [2.75, 3.05) is 6.54 Å². The average molecular weight is 499 g/mol. The summed E-state index contributed by atoms with van der Waals surface area (Å²) in [6.45, 7) is 1.66. The molecule has 188 valence electrons. The Kier molecular flexibility index (Phi) is 9.60. The van der Waals surface area contributed by atoms with Gasteiger partial charge in [-0.15, -0.1) is 0 Å². The number of imidazole rings is 1. The predicted octanol–water partition coefficient (Wildman–Crippen LogP) is 3.04. The van der Waals surface area contributed by atoms with Crippen molar-refractivity contribution in [3.8, 4) is 11.3 Å². The first kappa shape index (κ1) is 28.4. The second kappa shape index (κ2) is 11.5. The second-order valence-corrected chi connectivity index (χ2v) is 6.82. The third-order valence-corrected chi connectivity index (χ3v) is 4.35. The molecule has 1 unspecified atom stereocenters. The van der Waals surface area contributed by atoms with Crippen molar-refractivity contribution >= 4 is 17.9 Å². The number of hydrogen-bond donors (Lipinski definition) is 4. The van der Waals surface area contributed by atoms with Crippen LogP contribution in [0.2, 0.25) is 0 Å². The molecule has 1 aliphatic rings. The van der Waals surface area contributed by atoms with Crippen molar-refractivity contribution < 1.29 is 56.0 Å². The molecule has 2 heterocycles. The number of aliphatic carboxylic acids is 2. The molecule has 0 fully saturated rings. The molecule has 0 aliphatic carbocycles. The van der Waals surface area contributed by atoms with Crippen LogP contribution in [0.4, 0.5) is 26.3 Å². The van der Waals surface area contributed by atoms with Crippen LogP contribution in [0.5, 0.6) is 0 Å². The van der Waals surface area contributed by atoms with E-state index >= 15 is 0 Å². The van der Waals surface area contributed by atoms with Gasteiger partial charge in [0.2, 0.25) is 0 Å². The van der Waals surface area contributed by atoms with Gasteiger partial charge in [-0.05, 0) is 31.0 Å². The topological polar surface area (TPSA) is 156 Å². The minimum atomic E-state index is -5.08. The van der Waals surface area contributed by atoms with Crippen LogP contribution in [-0.2, 0) is 22.6 Å². The lowest BCUT2D eigenvalue weighted by molar-refractivity contribution is -0.193. The fourth-order valence-corrected chi connectivity index (χ4v) is 2.62. The second-order valence-electron chi connectivity index (χ2n) is 6.82. The minimum absolute atomic E-state index is 0.293. The van der Waals surface area contributed by atoms with E-state index in [1.165, 1.54) is 0 Å². The Morgan fingerprint density at radius 1 is 0.971 bits per heavy atom. The van der Waals surface area contributed by atoms with Gasteiger partial charge in [0, 0.05) is 24.7 Å². The van der Waals surface area contributed by atoms with Gasteiger partial charge in [0.25, 0.3) is 0 Å². The number of rotatable bonds is 3.